The van der Waals surface area contributed by atoms with Crippen LogP contribution in [-0.2, 0) is 0 Å². The molecule has 5 heteroatoms. The topological polar surface area (TPSA) is 30.7 Å². The first kappa shape index (κ1) is 7.31. The van der Waals surface area contributed by atoms with E-state index in [2.05, 4.69) is 19.5 Å². The maximum absolute atomic E-state index is 4.00. The van der Waals surface area contributed by atoms with Crippen molar-refractivity contribution in [1.29, 1.82) is 0 Å². The fourth-order valence-electron chi connectivity index (χ4n) is 0.945. The lowest BCUT2D eigenvalue weighted by molar-refractivity contribution is 1.02. The van der Waals surface area contributed by atoms with Gasteiger partial charge in [0, 0.05) is 4.69 Å². The molecular formula is C4H9Al2N3. The van der Waals surface area contributed by atoms with Gasteiger partial charge in [-0.25, -0.2) is 0 Å². The van der Waals surface area contributed by atoms with Gasteiger partial charge in [0.15, 0.2) is 0 Å². The maximum atomic E-state index is 4.00. The average Bonchev–Trinajstić information content (AvgIpc) is 2.12. The lowest BCUT2D eigenvalue weighted by Gasteiger charge is -1.98. The molecule has 0 aromatic carbocycles. The highest BCUT2D eigenvalue weighted by molar-refractivity contribution is 6.39. The molecular weight excluding hydrogens is 144 g/mol. The molecule has 0 aliphatic heterocycles. The number of aromatic nitrogens is 3. The van der Waals surface area contributed by atoms with Crippen molar-refractivity contribution in [3.8, 4) is 0 Å². The summed E-state index contributed by atoms with van der Waals surface area (Å²) in [4.78, 5) is 0. The summed E-state index contributed by atoms with van der Waals surface area (Å²) in [5.41, 5.74) is 0. The SMILES string of the molecule is [CH3][AlH][n]1c(C)nn[c]1[AlH2]. The molecule has 1 rings (SSSR count). The van der Waals surface area contributed by atoms with Crippen molar-refractivity contribution >= 4 is 36.4 Å². The van der Waals surface area contributed by atoms with Gasteiger partial charge in [0.2, 0.25) is 0 Å². The van der Waals surface area contributed by atoms with Gasteiger partial charge >= 0.3 is 31.7 Å². The molecule has 0 fully saturated rings. The Morgan fingerprint density at radius 2 is 2.22 bits per heavy atom. The van der Waals surface area contributed by atoms with Crippen molar-refractivity contribution in [1.82, 2.24) is 13.7 Å². The van der Waals surface area contributed by atoms with E-state index >= 15 is 0 Å². The molecule has 46 valence electrons. The Bertz CT molecular complexity index is 188. The average molecular weight is 153 g/mol. The minimum atomic E-state index is -0.0980. The highest BCUT2D eigenvalue weighted by atomic mass is 27.1. The van der Waals surface area contributed by atoms with Crippen molar-refractivity contribution in [2.24, 2.45) is 0 Å². The monoisotopic (exact) mass is 153 g/mol. The summed E-state index contributed by atoms with van der Waals surface area (Å²) in [6.45, 7) is 2.02. The summed E-state index contributed by atoms with van der Waals surface area (Å²) in [6, 6.07) is 0. The lowest BCUT2D eigenvalue weighted by Crippen LogP contribution is -2.22. The Labute approximate surface area is 68.8 Å². The van der Waals surface area contributed by atoms with E-state index in [1.165, 1.54) is 4.69 Å². The van der Waals surface area contributed by atoms with Crippen LogP contribution in [0.2, 0.25) is 5.79 Å². The molecule has 3 nitrogen and oxygen atoms in total. The molecule has 0 bridgehead atoms. The molecule has 1 heterocycles. The van der Waals surface area contributed by atoms with Crippen LogP contribution in [0, 0.1) is 6.92 Å². The predicted molar refractivity (Wildman–Crippen MR) is 41.3 cm³/mol. The molecule has 0 saturated heterocycles. The first-order valence-corrected chi connectivity index (χ1v) is 6.16. The zero-order valence-electron chi connectivity index (χ0n) is 6.05. The van der Waals surface area contributed by atoms with Gasteiger partial charge in [-0.15, -0.1) is 5.10 Å². The lowest BCUT2D eigenvalue weighted by atomic mass is 10.8. The number of rotatable bonds is 1. The maximum Gasteiger partial charge on any atom is 0.392 e. The fourth-order valence-corrected chi connectivity index (χ4v) is 3.36. The van der Waals surface area contributed by atoms with E-state index in [0.29, 0.717) is 0 Å². The van der Waals surface area contributed by atoms with Crippen LogP contribution in [0.15, 0.2) is 0 Å². The van der Waals surface area contributed by atoms with Crippen molar-refractivity contribution in [3.63, 3.8) is 0 Å². The number of nitrogens with zero attached hydrogens (tertiary/aromatic N) is 3. The predicted octanol–water partition coefficient (Wildman–Crippen LogP) is -1.91. The smallest absolute Gasteiger partial charge is 0.392 e. The molecule has 0 amide bonds. The Morgan fingerprint density at radius 1 is 1.56 bits per heavy atom. The van der Waals surface area contributed by atoms with Crippen molar-refractivity contribution in [2.45, 2.75) is 12.7 Å². The molecule has 0 aliphatic rings. The highest BCUT2D eigenvalue weighted by Crippen LogP contribution is 1.83. The van der Waals surface area contributed by atoms with Gasteiger partial charge in [-0.2, -0.15) is 5.10 Å². The standard InChI is InChI=1S/C3H3N3.CH3.2Al.3H/c1-3-4-2-5-6-3;;;;;;/h1H3;1H3;;;;;/q-1;;;+1;;;. The van der Waals surface area contributed by atoms with Gasteiger partial charge in [-0.3, -0.25) is 0 Å². The molecule has 0 unspecified atom stereocenters. The highest BCUT2D eigenvalue weighted by Gasteiger charge is 1.99. The second-order valence-corrected chi connectivity index (χ2v) is 4.20. The minimum absolute atomic E-state index is 0.0980. The van der Waals surface area contributed by atoms with E-state index < -0.39 is 0 Å². The quantitative estimate of drug-likeness (QED) is 0.441. The summed E-state index contributed by atoms with van der Waals surface area (Å²) >= 11 is 0.932. The van der Waals surface area contributed by atoms with E-state index in [1.54, 1.807) is 0 Å². The summed E-state index contributed by atoms with van der Waals surface area (Å²) in [6.07, 6.45) is 0. The van der Waals surface area contributed by atoms with Gasteiger partial charge in [0.25, 0.3) is 0 Å². The largest absolute Gasteiger partial charge is 0.428 e. The molecule has 0 aliphatic carbocycles. The Balaban J connectivity index is 3.07. The summed E-state index contributed by atoms with van der Waals surface area (Å²) in [7, 11) is 0. The molecule has 1 aromatic heterocycles. The Hall–Kier alpha value is 0.205. The summed E-state index contributed by atoms with van der Waals surface area (Å²) in [5, 5.41) is 7.97. The van der Waals surface area contributed by atoms with Gasteiger partial charge < -0.3 is 3.55 Å². The van der Waals surface area contributed by atoms with E-state index in [9.17, 15) is 0 Å². The van der Waals surface area contributed by atoms with E-state index in [-0.39, 0.29) is 15.4 Å². The van der Waals surface area contributed by atoms with Gasteiger partial charge in [-0.05, 0) is 6.92 Å². The van der Waals surface area contributed by atoms with Crippen LogP contribution in [0.4, 0.5) is 0 Å². The number of hydrogen-bond acceptors (Lipinski definition) is 2. The van der Waals surface area contributed by atoms with Crippen LogP contribution in [0.3, 0.4) is 0 Å². The molecule has 0 saturated carbocycles. The van der Waals surface area contributed by atoms with E-state index in [4.69, 9.17) is 0 Å². The Morgan fingerprint density at radius 3 is 2.44 bits per heavy atom. The van der Waals surface area contributed by atoms with Gasteiger partial charge in [-0.1, -0.05) is 5.79 Å². The molecule has 0 radical (unpaired) electrons. The van der Waals surface area contributed by atoms with Crippen molar-refractivity contribution in [3.05, 3.63) is 5.82 Å². The van der Waals surface area contributed by atoms with Crippen LogP contribution in [0.5, 0.6) is 0 Å². The zero-order chi connectivity index (χ0) is 6.85. The third-order valence-corrected chi connectivity index (χ3v) is 4.36. The molecule has 0 N–H and O–H groups in total. The molecule has 9 heavy (non-hydrogen) atoms. The first-order valence-electron chi connectivity index (χ1n) is 3.12. The molecule has 1 aromatic rings. The van der Waals surface area contributed by atoms with E-state index in [1.807, 2.05) is 6.92 Å². The van der Waals surface area contributed by atoms with Gasteiger partial charge in [0.05, 0.1) is 0 Å². The Kier molecular flexibility index (Phi) is 2.32. The molecule has 0 atom stereocenters. The summed E-state index contributed by atoms with van der Waals surface area (Å²) in [5.74, 6) is 3.34. The van der Waals surface area contributed by atoms with Crippen LogP contribution >= 0.6 is 0 Å². The second kappa shape index (κ2) is 2.86. The number of hydrogen-bond donors (Lipinski definition) is 0. The molecule has 0 spiro atoms. The van der Waals surface area contributed by atoms with Crippen LogP contribution in [0.1, 0.15) is 5.82 Å². The fraction of sp³-hybridized carbons (Fsp3) is 0.500. The van der Waals surface area contributed by atoms with Crippen molar-refractivity contribution < 1.29 is 0 Å². The normalized spacial score (nSPS) is 9.56. The van der Waals surface area contributed by atoms with Gasteiger partial charge in [0.1, 0.15) is 5.82 Å². The zero-order valence-corrected chi connectivity index (χ0v) is 9.46. The first-order chi connectivity index (χ1) is 4.25. The van der Waals surface area contributed by atoms with Crippen LogP contribution < -0.4 is 4.69 Å². The van der Waals surface area contributed by atoms with Crippen LogP contribution in [0.25, 0.3) is 0 Å². The minimum Gasteiger partial charge on any atom is -0.428 e. The van der Waals surface area contributed by atoms with E-state index in [0.717, 1.165) is 22.1 Å². The third kappa shape index (κ3) is 1.37. The number of aryl methyl sites for hydroxylation is 1. The summed E-state index contributed by atoms with van der Waals surface area (Å²) < 4.78 is 3.47. The van der Waals surface area contributed by atoms with Crippen molar-refractivity contribution in [2.75, 3.05) is 0 Å². The van der Waals surface area contributed by atoms with Crippen LogP contribution in [-0.4, -0.2) is 45.5 Å². The third-order valence-electron chi connectivity index (χ3n) is 1.44. The second-order valence-electron chi connectivity index (χ2n) is 2.04.